The Bertz CT molecular complexity index is 531. The van der Waals surface area contributed by atoms with E-state index in [0.717, 1.165) is 0 Å². The fourth-order valence-electron chi connectivity index (χ4n) is 1.35. The maximum atomic E-state index is 13.3. The average molecular weight is 252 g/mol. The van der Waals surface area contributed by atoms with Crippen LogP contribution in [0.2, 0.25) is 5.15 Å². The fourth-order valence-corrected chi connectivity index (χ4v) is 1.53. The van der Waals surface area contributed by atoms with Crippen LogP contribution in [0.5, 0.6) is 5.75 Å². The average Bonchev–Trinajstić information content (AvgIpc) is 2.31. The molecule has 88 valence electrons. The number of benzene rings is 1. The van der Waals surface area contributed by atoms with Gasteiger partial charge in [0.1, 0.15) is 23.3 Å². The highest BCUT2D eigenvalue weighted by atomic mass is 35.5. The van der Waals surface area contributed by atoms with Gasteiger partial charge in [-0.3, -0.25) is 0 Å². The Balaban J connectivity index is 2.05. The summed E-state index contributed by atoms with van der Waals surface area (Å²) in [6.07, 6.45) is 0. The molecule has 1 aromatic carbocycles. The third kappa shape index (κ3) is 3.17. The summed E-state index contributed by atoms with van der Waals surface area (Å²) in [5, 5.41) is 0.418. The molecular weight excluding hydrogens is 241 g/mol. The van der Waals surface area contributed by atoms with Gasteiger partial charge in [0.25, 0.3) is 0 Å². The quantitative estimate of drug-likeness (QED) is 0.775. The number of hydrogen-bond donors (Lipinski definition) is 0. The second kappa shape index (κ2) is 5.15. The summed E-state index contributed by atoms with van der Waals surface area (Å²) < 4.78 is 18.7. The molecule has 0 aliphatic heterocycles. The molecule has 0 aliphatic carbocycles. The molecule has 0 saturated heterocycles. The Hall–Kier alpha value is -1.61. The molecule has 17 heavy (non-hydrogen) atoms. The molecule has 0 saturated carbocycles. The summed E-state index contributed by atoms with van der Waals surface area (Å²) in [6.45, 7) is 1.97. The van der Waals surface area contributed by atoms with E-state index in [1.807, 2.05) is 0 Å². The van der Waals surface area contributed by atoms with Crippen LogP contribution in [0.15, 0.2) is 36.4 Å². The molecule has 0 radical (unpaired) electrons. The van der Waals surface area contributed by atoms with Crippen LogP contribution >= 0.6 is 11.6 Å². The van der Waals surface area contributed by atoms with E-state index in [4.69, 9.17) is 16.3 Å². The highest BCUT2D eigenvalue weighted by molar-refractivity contribution is 6.29. The number of aryl methyl sites for hydroxylation is 1. The number of hydrogen-bond acceptors (Lipinski definition) is 2. The standard InChI is InChI=1S/C13H11ClFNO/c1-9-5-6-11(7-12(9)15)17-8-10-3-2-4-13(14)16-10/h2-7H,8H2,1H3. The van der Waals surface area contributed by atoms with Crippen LogP contribution in [-0.2, 0) is 6.61 Å². The SMILES string of the molecule is Cc1ccc(OCc2cccc(Cl)n2)cc1F. The molecule has 0 aliphatic rings. The summed E-state index contributed by atoms with van der Waals surface area (Å²) in [4.78, 5) is 4.07. The number of aromatic nitrogens is 1. The molecule has 0 amide bonds. The molecule has 2 rings (SSSR count). The van der Waals surface area contributed by atoms with Crippen LogP contribution < -0.4 is 4.74 Å². The summed E-state index contributed by atoms with van der Waals surface area (Å²) in [5.41, 5.74) is 1.30. The predicted octanol–water partition coefficient (Wildman–Crippen LogP) is 3.76. The van der Waals surface area contributed by atoms with Crippen molar-refractivity contribution in [2.24, 2.45) is 0 Å². The maximum absolute atomic E-state index is 13.3. The summed E-state index contributed by atoms with van der Waals surface area (Å²) in [6, 6.07) is 10.1. The monoisotopic (exact) mass is 251 g/mol. The fraction of sp³-hybridized carbons (Fsp3) is 0.154. The molecule has 0 spiro atoms. The van der Waals surface area contributed by atoms with Crippen molar-refractivity contribution in [1.82, 2.24) is 4.98 Å². The number of nitrogens with zero attached hydrogens (tertiary/aromatic N) is 1. The molecule has 0 N–H and O–H groups in total. The molecule has 4 heteroatoms. The maximum Gasteiger partial charge on any atom is 0.130 e. The molecule has 2 nitrogen and oxygen atoms in total. The molecule has 0 fully saturated rings. The molecule has 0 bridgehead atoms. The number of ether oxygens (including phenoxy) is 1. The van der Waals surface area contributed by atoms with Crippen molar-refractivity contribution in [3.63, 3.8) is 0 Å². The Kier molecular flexibility index (Phi) is 3.59. The van der Waals surface area contributed by atoms with Gasteiger partial charge in [0.05, 0.1) is 5.69 Å². The Morgan fingerprint density at radius 3 is 2.82 bits per heavy atom. The van der Waals surface area contributed by atoms with E-state index in [-0.39, 0.29) is 12.4 Å². The first kappa shape index (κ1) is 11.9. The minimum absolute atomic E-state index is 0.267. The second-order valence-electron chi connectivity index (χ2n) is 3.65. The molecule has 0 atom stereocenters. The zero-order valence-corrected chi connectivity index (χ0v) is 10.0. The van der Waals surface area contributed by atoms with Crippen molar-refractivity contribution >= 4 is 11.6 Å². The topological polar surface area (TPSA) is 22.1 Å². The van der Waals surface area contributed by atoms with Crippen molar-refractivity contribution in [1.29, 1.82) is 0 Å². The summed E-state index contributed by atoms with van der Waals surface area (Å²) in [7, 11) is 0. The normalized spacial score (nSPS) is 10.3. The van der Waals surface area contributed by atoms with Gasteiger partial charge >= 0.3 is 0 Å². The van der Waals surface area contributed by atoms with Crippen molar-refractivity contribution in [2.75, 3.05) is 0 Å². The van der Waals surface area contributed by atoms with E-state index < -0.39 is 0 Å². The molecule has 0 unspecified atom stereocenters. The van der Waals surface area contributed by atoms with Crippen molar-refractivity contribution in [2.45, 2.75) is 13.5 Å². The number of rotatable bonds is 3. The van der Waals surface area contributed by atoms with Gasteiger partial charge in [0.2, 0.25) is 0 Å². The van der Waals surface area contributed by atoms with Gasteiger partial charge < -0.3 is 4.74 Å². The lowest BCUT2D eigenvalue weighted by molar-refractivity contribution is 0.299. The van der Waals surface area contributed by atoms with Crippen LogP contribution in [0.3, 0.4) is 0 Å². The van der Waals surface area contributed by atoms with Gasteiger partial charge in [-0.1, -0.05) is 23.7 Å². The minimum Gasteiger partial charge on any atom is -0.487 e. The van der Waals surface area contributed by atoms with Crippen molar-refractivity contribution < 1.29 is 9.13 Å². The van der Waals surface area contributed by atoms with Crippen LogP contribution in [0.25, 0.3) is 0 Å². The Morgan fingerprint density at radius 1 is 1.29 bits per heavy atom. The third-order valence-electron chi connectivity index (χ3n) is 2.30. The lowest BCUT2D eigenvalue weighted by atomic mass is 10.2. The Morgan fingerprint density at radius 2 is 2.12 bits per heavy atom. The Labute approximate surface area is 104 Å². The molecule has 2 aromatic rings. The zero-order chi connectivity index (χ0) is 12.3. The predicted molar refractivity (Wildman–Crippen MR) is 64.7 cm³/mol. The third-order valence-corrected chi connectivity index (χ3v) is 2.51. The van der Waals surface area contributed by atoms with E-state index in [2.05, 4.69) is 4.98 Å². The smallest absolute Gasteiger partial charge is 0.130 e. The van der Waals surface area contributed by atoms with E-state index in [1.165, 1.54) is 6.07 Å². The molecule has 1 aromatic heterocycles. The van der Waals surface area contributed by atoms with Crippen LogP contribution in [-0.4, -0.2) is 4.98 Å². The summed E-state index contributed by atoms with van der Waals surface area (Å²) >= 11 is 5.75. The summed E-state index contributed by atoms with van der Waals surface area (Å²) in [5.74, 6) is 0.205. The molecular formula is C13H11ClFNO. The van der Waals surface area contributed by atoms with Gasteiger partial charge in [0.15, 0.2) is 0 Å². The van der Waals surface area contributed by atoms with Crippen LogP contribution in [0, 0.1) is 12.7 Å². The van der Waals surface area contributed by atoms with E-state index >= 15 is 0 Å². The molecule has 1 heterocycles. The van der Waals surface area contributed by atoms with Gasteiger partial charge in [-0.05, 0) is 30.7 Å². The van der Waals surface area contributed by atoms with Gasteiger partial charge in [-0.25, -0.2) is 9.37 Å². The first-order valence-corrected chi connectivity index (χ1v) is 5.53. The lowest BCUT2D eigenvalue weighted by Crippen LogP contribution is -1.98. The van der Waals surface area contributed by atoms with Gasteiger partial charge in [-0.2, -0.15) is 0 Å². The lowest BCUT2D eigenvalue weighted by Gasteiger charge is -2.06. The highest BCUT2D eigenvalue weighted by Gasteiger charge is 2.01. The van der Waals surface area contributed by atoms with Gasteiger partial charge in [-0.15, -0.1) is 0 Å². The van der Waals surface area contributed by atoms with E-state index in [0.29, 0.717) is 22.2 Å². The first-order valence-electron chi connectivity index (χ1n) is 5.15. The highest BCUT2D eigenvalue weighted by Crippen LogP contribution is 2.17. The van der Waals surface area contributed by atoms with Crippen LogP contribution in [0.1, 0.15) is 11.3 Å². The van der Waals surface area contributed by atoms with Crippen molar-refractivity contribution in [3.05, 3.63) is 58.6 Å². The van der Waals surface area contributed by atoms with Crippen LogP contribution in [0.4, 0.5) is 4.39 Å². The van der Waals surface area contributed by atoms with E-state index in [1.54, 1.807) is 37.3 Å². The zero-order valence-electron chi connectivity index (χ0n) is 9.28. The van der Waals surface area contributed by atoms with E-state index in [9.17, 15) is 4.39 Å². The number of halogens is 2. The number of pyridine rings is 1. The largest absolute Gasteiger partial charge is 0.487 e. The van der Waals surface area contributed by atoms with Crippen molar-refractivity contribution in [3.8, 4) is 5.75 Å². The minimum atomic E-state index is -0.276. The first-order chi connectivity index (χ1) is 8.15. The second-order valence-corrected chi connectivity index (χ2v) is 4.04. The van der Waals surface area contributed by atoms with Gasteiger partial charge in [0, 0.05) is 6.07 Å².